The van der Waals surface area contributed by atoms with E-state index in [-0.39, 0.29) is 5.82 Å². The molecule has 8 heteroatoms. The molecule has 1 amide bonds. The molecule has 7 nitrogen and oxygen atoms in total. The number of carbonyl (C=O) groups is 2. The summed E-state index contributed by atoms with van der Waals surface area (Å²) in [6, 6.07) is 19.9. The highest BCUT2D eigenvalue weighted by Crippen LogP contribution is 2.42. The molecule has 2 fully saturated rings. The number of ether oxygens (including phenoxy) is 1. The number of nitrogens with one attached hydrogen (secondary N) is 1. The van der Waals surface area contributed by atoms with Gasteiger partial charge in [0.15, 0.2) is 0 Å². The highest BCUT2D eigenvalue weighted by atomic mass is 19.1. The molecule has 3 aromatic carbocycles. The molecule has 2 N–H and O–H groups in total. The number of likely N-dealkylation sites (tertiary alicyclic amines) is 1. The fourth-order valence-electron chi connectivity index (χ4n) is 6.96. The summed E-state index contributed by atoms with van der Waals surface area (Å²) >= 11 is 0. The van der Waals surface area contributed by atoms with Crippen molar-refractivity contribution >= 4 is 23.8 Å². The Bertz CT molecular complexity index is 1440. The summed E-state index contributed by atoms with van der Waals surface area (Å²) in [5.74, 6) is 1.12. The van der Waals surface area contributed by atoms with Crippen LogP contribution in [0.4, 0.5) is 15.8 Å². The first-order valence-corrected chi connectivity index (χ1v) is 18.2. The number of hydrogen-bond acceptors (Lipinski definition) is 5. The number of aliphatic carboxylic acids is 1. The van der Waals surface area contributed by atoms with Gasteiger partial charge in [0.1, 0.15) is 11.6 Å². The molecule has 2 unspecified atom stereocenters. The molecule has 2 aliphatic heterocycles. The molecule has 5 rings (SSSR count). The van der Waals surface area contributed by atoms with Crippen molar-refractivity contribution in [2.24, 2.45) is 0 Å². The maximum absolute atomic E-state index is 13.1. The van der Waals surface area contributed by atoms with Gasteiger partial charge in [-0.3, -0.25) is 14.5 Å². The quantitative estimate of drug-likeness (QED) is 0.186. The van der Waals surface area contributed by atoms with E-state index in [1.54, 1.807) is 0 Å². The van der Waals surface area contributed by atoms with Gasteiger partial charge in [0.2, 0.25) is 6.41 Å². The van der Waals surface area contributed by atoms with Gasteiger partial charge in [0.25, 0.3) is 5.97 Å². The average molecular weight is 676 g/mol. The third-order valence-electron chi connectivity index (χ3n) is 9.74. The second-order valence-electron chi connectivity index (χ2n) is 12.9. The van der Waals surface area contributed by atoms with Crippen LogP contribution < -0.4 is 15.0 Å². The molecule has 268 valence electrons. The number of carboxylic acid groups (broad SMARTS) is 1. The van der Waals surface area contributed by atoms with E-state index >= 15 is 0 Å². The van der Waals surface area contributed by atoms with E-state index in [0.29, 0.717) is 37.1 Å². The topological polar surface area (TPSA) is 82.1 Å². The molecule has 0 bridgehead atoms. The molecule has 0 aliphatic carbocycles. The van der Waals surface area contributed by atoms with Gasteiger partial charge in [0, 0.05) is 44.0 Å². The van der Waals surface area contributed by atoms with Crippen molar-refractivity contribution in [3.8, 4) is 5.75 Å². The summed E-state index contributed by atoms with van der Waals surface area (Å²) in [5, 5.41) is 10.0. The monoisotopic (exact) mass is 675 g/mol. The molecule has 2 heterocycles. The van der Waals surface area contributed by atoms with Crippen LogP contribution in [0.1, 0.15) is 120 Å². The minimum absolute atomic E-state index is 0.241. The Labute approximate surface area is 293 Å². The van der Waals surface area contributed by atoms with Gasteiger partial charge >= 0.3 is 0 Å². The van der Waals surface area contributed by atoms with E-state index < -0.39 is 5.97 Å². The van der Waals surface area contributed by atoms with Crippen LogP contribution in [-0.2, 0) is 22.4 Å². The molecule has 2 aliphatic rings. The van der Waals surface area contributed by atoms with E-state index in [1.165, 1.54) is 66.9 Å². The van der Waals surface area contributed by atoms with Crippen molar-refractivity contribution < 1.29 is 23.8 Å². The largest absolute Gasteiger partial charge is 0.494 e. The Hall–Kier alpha value is -3.91. The zero-order valence-corrected chi connectivity index (χ0v) is 30.7. The van der Waals surface area contributed by atoms with Crippen molar-refractivity contribution in [3.05, 3.63) is 88.2 Å². The summed E-state index contributed by atoms with van der Waals surface area (Å²) < 4.78 is 19.2. The molecule has 0 aromatic heterocycles. The standard InChI is InChI=1S/C28H40N2O.C11H14FNO.C2H4O2/c1-5-21(4)26-15-12-23(19-28(26)31-7-3)24-18-27(29(6-2)20-24)22-10-13-25(14-11-22)30-16-8-9-17-30;1-3-8-5-10(12)6-9(4-2)11(8)13-7-14;1-2(3)4/h10-15,19,21,24,27H,5-9,16-18,20H2,1-4H3;5-7H,3-4H2,1-2H3,(H,13,14);1H3,(H,3,4)/t21?,24-,27?;;/m1../s1. The van der Waals surface area contributed by atoms with Gasteiger partial charge in [-0.15, -0.1) is 0 Å². The van der Waals surface area contributed by atoms with Crippen molar-refractivity contribution in [3.63, 3.8) is 0 Å². The van der Waals surface area contributed by atoms with Gasteiger partial charge in [-0.25, -0.2) is 4.39 Å². The van der Waals surface area contributed by atoms with Crippen LogP contribution in [-0.4, -0.2) is 55.2 Å². The van der Waals surface area contributed by atoms with Crippen LogP contribution in [0.5, 0.6) is 5.75 Å². The minimum atomic E-state index is -0.833. The summed E-state index contributed by atoms with van der Waals surface area (Å²) in [6.45, 7) is 19.3. The van der Waals surface area contributed by atoms with Crippen molar-refractivity contribution in [2.45, 2.75) is 105 Å². The fraction of sp³-hybridized carbons (Fsp3) is 0.512. The van der Waals surface area contributed by atoms with Gasteiger partial charge in [-0.2, -0.15) is 0 Å². The normalized spacial score (nSPS) is 17.8. The van der Waals surface area contributed by atoms with Gasteiger partial charge in [-0.05, 0) is 122 Å². The summed E-state index contributed by atoms with van der Waals surface area (Å²) in [5.41, 5.74) is 8.08. The van der Waals surface area contributed by atoms with Crippen LogP contribution in [0.15, 0.2) is 54.6 Å². The molecular weight excluding hydrogens is 617 g/mol. The van der Waals surface area contributed by atoms with Crippen molar-refractivity contribution in [1.82, 2.24) is 4.90 Å². The zero-order chi connectivity index (χ0) is 35.9. The van der Waals surface area contributed by atoms with E-state index in [9.17, 15) is 9.18 Å². The molecule has 0 spiro atoms. The third kappa shape index (κ3) is 11.0. The molecular formula is C41H58FN3O4. The Kier molecular flexibility index (Phi) is 16.1. The van der Waals surface area contributed by atoms with Crippen LogP contribution in [0.2, 0.25) is 0 Å². The van der Waals surface area contributed by atoms with E-state index in [2.05, 4.69) is 85.3 Å². The van der Waals surface area contributed by atoms with Crippen LogP contribution in [0, 0.1) is 5.82 Å². The van der Waals surface area contributed by atoms with Crippen molar-refractivity contribution in [2.75, 3.05) is 43.0 Å². The Morgan fingerprint density at radius 3 is 2.08 bits per heavy atom. The van der Waals surface area contributed by atoms with E-state index in [0.717, 1.165) is 55.6 Å². The Morgan fingerprint density at radius 1 is 0.980 bits per heavy atom. The molecule has 2 saturated heterocycles. The van der Waals surface area contributed by atoms with E-state index in [1.807, 2.05) is 13.8 Å². The van der Waals surface area contributed by atoms with Gasteiger partial charge < -0.3 is 20.1 Å². The lowest BCUT2D eigenvalue weighted by Gasteiger charge is -2.24. The number of anilines is 2. The lowest BCUT2D eigenvalue weighted by Crippen LogP contribution is -2.23. The maximum Gasteiger partial charge on any atom is 0.300 e. The lowest BCUT2D eigenvalue weighted by molar-refractivity contribution is -0.134. The number of nitrogens with zero attached hydrogens (tertiary/aromatic N) is 2. The lowest BCUT2D eigenvalue weighted by atomic mass is 9.90. The van der Waals surface area contributed by atoms with Crippen LogP contribution >= 0.6 is 0 Å². The molecule has 3 atom stereocenters. The number of amides is 1. The highest BCUT2D eigenvalue weighted by Gasteiger charge is 2.33. The second-order valence-corrected chi connectivity index (χ2v) is 12.9. The SMILES string of the molecule is CC(=O)O.CCOc1cc([C@@H]2CC(c3ccc(N4CCCC4)cc3)N(CC)C2)ccc1C(C)CC.CCc1cc(F)cc(CC)c1NC=O. The summed E-state index contributed by atoms with van der Waals surface area (Å²) in [7, 11) is 0. The Morgan fingerprint density at radius 2 is 1.57 bits per heavy atom. The van der Waals surface area contributed by atoms with E-state index in [4.69, 9.17) is 14.6 Å². The fourth-order valence-corrected chi connectivity index (χ4v) is 6.96. The minimum Gasteiger partial charge on any atom is -0.494 e. The van der Waals surface area contributed by atoms with Crippen LogP contribution in [0.3, 0.4) is 0 Å². The summed E-state index contributed by atoms with van der Waals surface area (Å²) in [6.07, 6.45) is 7.03. The third-order valence-corrected chi connectivity index (χ3v) is 9.74. The molecule has 49 heavy (non-hydrogen) atoms. The number of benzene rings is 3. The number of hydrogen-bond donors (Lipinski definition) is 2. The molecule has 0 radical (unpaired) electrons. The first-order chi connectivity index (χ1) is 23.6. The number of aryl methyl sites for hydroxylation is 2. The zero-order valence-electron chi connectivity index (χ0n) is 30.7. The van der Waals surface area contributed by atoms with Crippen molar-refractivity contribution in [1.29, 1.82) is 0 Å². The smallest absolute Gasteiger partial charge is 0.300 e. The predicted octanol–water partition coefficient (Wildman–Crippen LogP) is 9.36. The maximum atomic E-state index is 13.1. The molecule has 3 aromatic rings. The average Bonchev–Trinajstić information content (AvgIpc) is 3.80. The van der Waals surface area contributed by atoms with Gasteiger partial charge in [-0.1, -0.05) is 58.9 Å². The number of carbonyl (C=O) groups excluding carboxylic acids is 1. The highest BCUT2D eigenvalue weighted by molar-refractivity contribution is 5.76. The Balaban J connectivity index is 0.000000300. The second kappa shape index (κ2) is 19.9. The first kappa shape index (κ1) is 39.5. The summed E-state index contributed by atoms with van der Waals surface area (Å²) in [4.78, 5) is 24.6. The van der Waals surface area contributed by atoms with Crippen LogP contribution in [0.25, 0.3) is 0 Å². The number of carboxylic acids is 1. The van der Waals surface area contributed by atoms with Gasteiger partial charge in [0.05, 0.1) is 6.61 Å². The molecule has 0 saturated carbocycles. The first-order valence-electron chi connectivity index (χ1n) is 18.2. The number of likely N-dealkylation sites (N-methyl/N-ethyl adjacent to an activating group) is 1. The predicted molar refractivity (Wildman–Crippen MR) is 200 cm³/mol. The number of halogens is 1. The number of rotatable bonds is 12.